The summed E-state index contributed by atoms with van der Waals surface area (Å²) in [4.78, 5) is 99.4. The smallest absolute Gasteiger partial charge is 0.501 e. The van der Waals surface area contributed by atoms with Crippen LogP contribution in [-0.4, -0.2) is 155 Å². The summed E-state index contributed by atoms with van der Waals surface area (Å²) in [5, 5.41) is 15.1. The molecule has 0 bridgehead atoms. The third kappa shape index (κ3) is 15.0. The average Bonchev–Trinajstić information content (AvgIpc) is 3.72. The fourth-order valence-electron chi connectivity index (χ4n) is 9.64. The van der Waals surface area contributed by atoms with Gasteiger partial charge in [0.2, 0.25) is 12.4 Å². The number of nitrogens with zero attached hydrogens (tertiary/aromatic N) is 5. The molecule has 0 radical (unpaired) electrons. The Hall–Kier alpha value is -8.36. The van der Waals surface area contributed by atoms with Gasteiger partial charge >= 0.3 is 34.3 Å². The highest BCUT2D eigenvalue weighted by Crippen LogP contribution is 2.48. The molecule has 2 unspecified atom stereocenters. The van der Waals surface area contributed by atoms with Crippen LogP contribution in [0.25, 0.3) is 32.1 Å². The molecule has 2 aliphatic rings. The van der Waals surface area contributed by atoms with Gasteiger partial charge in [0, 0.05) is 112 Å². The van der Waals surface area contributed by atoms with Crippen LogP contribution >= 0.6 is 11.6 Å². The number of esters is 4. The van der Waals surface area contributed by atoms with Gasteiger partial charge in [-0.1, -0.05) is 19.0 Å². The van der Waals surface area contributed by atoms with Crippen LogP contribution in [0.4, 0.5) is 5.69 Å². The average molecular weight is 1190 g/mol. The van der Waals surface area contributed by atoms with E-state index in [0.717, 1.165) is 39.8 Å². The second-order valence-electron chi connectivity index (χ2n) is 20.0. The topological polar surface area (TPSA) is 337 Å². The molecule has 83 heavy (non-hydrogen) atoms. The predicted molar refractivity (Wildman–Crippen MR) is 295 cm³/mol. The summed E-state index contributed by atoms with van der Waals surface area (Å²) in [6.07, 6.45) is -8.48. The molecule has 0 aliphatic carbocycles. The molecule has 2 amide bonds. The van der Waals surface area contributed by atoms with Crippen LogP contribution in [0.5, 0.6) is 28.7 Å². The van der Waals surface area contributed by atoms with Crippen molar-refractivity contribution in [1.82, 2.24) is 9.88 Å². The van der Waals surface area contributed by atoms with Gasteiger partial charge in [0.25, 0.3) is 11.8 Å². The number of azide groups is 1. The van der Waals surface area contributed by atoms with Gasteiger partial charge < -0.3 is 66.2 Å². The number of hydrogen-bond acceptors (Lipinski definition) is 21. The summed E-state index contributed by atoms with van der Waals surface area (Å²) in [5.74, 6) is -7.61. The number of Topliss-reactive ketones (excluding diaryl/α,β-unsaturated/α-hetero) is 1. The first kappa shape index (κ1) is 62.2. The molecule has 28 heteroatoms. The minimum absolute atomic E-state index is 0.00589. The third-order valence-corrected chi connectivity index (χ3v) is 14.3. The van der Waals surface area contributed by atoms with Crippen molar-refractivity contribution in [1.29, 1.82) is 0 Å². The maximum absolute atomic E-state index is 14.7. The molecular weight excluding hydrogens is 1130 g/mol. The largest absolute Gasteiger partial charge is 0.507 e. The Bertz CT molecular complexity index is 3500. The zero-order valence-electron chi connectivity index (χ0n) is 46.6. The maximum atomic E-state index is 14.7. The number of phenols is 1. The monoisotopic (exact) mass is 1190 g/mol. The predicted octanol–water partition coefficient (Wildman–Crippen LogP) is 7.06. The van der Waals surface area contributed by atoms with E-state index >= 15 is 0 Å². The third-order valence-electron chi connectivity index (χ3n) is 13.2. The van der Waals surface area contributed by atoms with Crippen molar-refractivity contribution in [2.45, 2.75) is 85.1 Å². The highest BCUT2D eigenvalue weighted by atomic mass is 35.5. The number of aromatic amines is 1. The van der Waals surface area contributed by atoms with Crippen molar-refractivity contribution in [2.24, 2.45) is 17.0 Å². The van der Waals surface area contributed by atoms with E-state index in [1.807, 2.05) is 13.8 Å². The Morgan fingerprint density at radius 3 is 2.17 bits per heavy atom. The first-order valence-electron chi connectivity index (χ1n) is 25.8. The zero-order valence-corrected chi connectivity index (χ0v) is 48.1. The number of nitrogens with one attached hydrogen (secondary N) is 1. The summed E-state index contributed by atoms with van der Waals surface area (Å²) in [7, 11) is -2.49. The number of hydrogen-bond donors (Lipinski definition) is 2. The van der Waals surface area contributed by atoms with Crippen LogP contribution < -0.4 is 22.7 Å². The van der Waals surface area contributed by atoms with E-state index in [1.165, 1.54) is 67.3 Å². The Balaban J connectivity index is 1.30. The molecule has 0 saturated carbocycles. The molecule has 0 spiro atoms. The minimum atomic E-state index is -5.41. The zero-order chi connectivity index (χ0) is 60.6. The van der Waals surface area contributed by atoms with E-state index in [2.05, 4.69) is 15.0 Å². The number of rotatable bonds is 24. The van der Waals surface area contributed by atoms with E-state index in [4.69, 9.17) is 63.4 Å². The van der Waals surface area contributed by atoms with Crippen LogP contribution in [-0.2, 0) is 58.0 Å². The fraction of sp³-hybridized carbons (Fsp3) is 0.436. The molecule has 3 heterocycles. The lowest BCUT2D eigenvalue weighted by Crippen LogP contribution is -2.63. The van der Waals surface area contributed by atoms with E-state index in [-0.39, 0.29) is 90.0 Å². The van der Waals surface area contributed by atoms with Gasteiger partial charge in [-0.05, 0) is 83.8 Å². The summed E-state index contributed by atoms with van der Waals surface area (Å²) in [6.45, 7) is 9.33. The molecule has 444 valence electrons. The number of phenolic OH excluding ortho intramolecular Hbond substituents is 1. The van der Waals surface area contributed by atoms with Crippen LogP contribution in [0.1, 0.15) is 91.2 Å². The lowest BCUT2D eigenvalue weighted by atomic mass is 9.95. The Morgan fingerprint density at radius 1 is 0.843 bits per heavy atom. The molecule has 8 atom stereocenters. The molecule has 1 fully saturated rings. The molecule has 26 nitrogen and oxygen atoms in total. The first-order chi connectivity index (χ1) is 39.3. The van der Waals surface area contributed by atoms with Crippen LogP contribution in [0.15, 0.2) is 65.8 Å². The second kappa shape index (κ2) is 26.7. The van der Waals surface area contributed by atoms with Gasteiger partial charge in [-0.25, -0.2) is 0 Å². The summed E-state index contributed by atoms with van der Waals surface area (Å²) >= 11 is 6.59. The number of amides is 2. The number of carbonyl (C=O) groups excluding carboxylic acids is 7. The Morgan fingerprint density at radius 2 is 1.52 bits per heavy atom. The van der Waals surface area contributed by atoms with E-state index in [1.54, 1.807) is 12.1 Å². The minimum Gasteiger partial charge on any atom is -0.507 e. The van der Waals surface area contributed by atoms with Gasteiger partial charge in [0.1, 0.15) is 29.9 Å². The van der Waals surface area contributed by atoms with Crippen molar-refractivity contribution in [3.63, 3.8) is 0 Å². The van der Waals surface area contributed by atoms with Crippen LogP contribution in [0.2, 0.25) is 0 Å². The molecule has 1 saturated heterocycles. The number of ketones is 1. The number of benzene rings is 4. The molecule has 2 aliphatic heterocycles. The van der Waals surface area contributed by atoms with Gasteiger partial charge in [-0.3, -0.25) is 33.6 Å². The molecule has 2 N–H and O–H groups in total. The quantitative estimate of drug-likeness (QED) is 0.0119. The van der Waals surface area contributed by atoms with Gasteiger partial charge in [0.05, 0.1) is 25.0 Å². The number of anilines is 1. The standard InChI is InChI=1S/C55H61ClN6O20S/c1-27(21-58-60-57)24-74-25-28(2)22-61(8)53(69)34-10-13-45(79-55-52(78-33(7)67)51(77-32(6)66)50(76-31(5)65)48(80-55)26-75-30(4)64)47(16-34)82-83(71,72)81-46-19-43-49(40-17-37(73-9)11-12-38(40)46)36(20-56)23-62(43)54(70)42-15-35-14-39(29(3)63)44(68)18-41(35)59-42/h10-19,27-28,36,48,50-52,55,59,68H,20-26H2,1-9H3/t27?,28?,36-,48-,50+,51+,52-,55-/m1/s1. The summed E-state index contributed by atoms with van der Waals surface area (Å²) in [6, 6.07) is 13.7. The molecule has 7 rings (SSSR count). The van der Waals surface area contributed by atoms with Crippen molar-refractivity contribution in [3.05, 3.63) is 93.5 Å². The van der Waals surface area contributed by atoms with Crippen molar-refractivity contribution >= 4 is 90.8 Å². The molecule has 5 aromatic rings. The Kier molecular flexibility index (Phi) is 20.0. The lowest BCUT2D eigenvalue weighted by Gasteiger charge is -2.43. The molecule has 1 aromatic heterocycles. The van der Waals surface area contributed by atoms with Gasteiger partial charge in [0.15, 0.2) is 35.2 Å². The number of ether oxygens (including phenoxy) is 8. The van der Waals surface area contributed by atoms with Crippen molar-refractivity contribution in [3.8, 4) is 28.7 Å². The lowest BCUT2D eigenvalue weighted by molar-refractivity contribution is -0.288. The number of H-pyrrole nitrogens is 1. The maximum Gasteiger partial charge on any atom is 0.501 e. The fourth-order valence-corrected chi connectivity index (χ4v) is 10.6. The second-order valence-corrected chi connectivity index (χ2v) is 21.4. The van der Waals surface area contributed by atoms with E-state index in [0.29, 0.717) is 27.6 Å². The number of alkyl halides is 1. The van der Waals surface area contributed by atoms with Crippen LogP contribution in [0.3, 0.4) is 0 Å². The van der Waals surface area contributed by atoms with Gasteiger partial charge in [-0.15, -0.1) is 20.0 Å². The van der Waals surface area contributed by atoms with Crippen molar-refractivity contribution < 1.29 is 93.3 Å². The van der Waals surface area contributed by atoms with E-state index in [9.17, 15) is 47.1 Å². The number of fused-ring (bicyclic) bond motifs is 4. The Labute approximate surface area is 480 Å². The van der Waals surface area contributed by atoms with Gasteiger partial charge in [-0.2, -0.15) is 0 Å². The number of carbonyl (C=O) groups is 7. The normalized spacial score (nSPS) is 19.1. The SMILES string of the molecule is COc1ccc2c(OS(=O)(=O)Oc3cc(C(=O)N(C)CC(C)COCC(C)CN=[N+]=[N-])ccc3O[C@@H]3O[C@H](COC(C)=O)[C@H](OC(C)=O)[C@H](OC(C)=O)[C@H]3OC(C)=O)cc3c(c2c1)[C@H](CCl)CN3C(=O)c1cc2cc(C(C)=O)c(O)cc2[nH]1. The van der Waals surface area contributed by atoms with E-state index < -0.39 is 107 Å². The highest BCUT2D eigenvalue weighted by molar-refractivity contribution is 7.82. The number of aromatic nitrogens is 1. The number of halogens is 1. The van der Waals surface area contributed by atoms with Crippen molar-refractivity contribution in [2.75, 3.05) is 64.4 Å². The van der Waals surface area contributed by atoms with Crippen LogP contribution in [0, 0.1) is 11.8 Å². The number of aromatic hydroxyl groups is 1. The molecular formula is C55H61ClN6O20S. The summed E-state index contributed by atoms with van der Waals surface area (Å²) in [5.41, 5.74) is 9.67. The summed E-state index contributed by atoms with van der Waals surface area (Å²) < 4.78 is 86.5. The highest BCUT2D eigenvalue weighted by Gasteiger charge is 2.54. The first-order valence-corrected chi connectivity index (χ1v) is 27.7. The molecule has 4 aromatic carbocycles. The number of methoxy groups -OCH3 is 1.